The summed E-state index contributed by atoms with van der Waals surface area (Å²) in [4.78, 5) is 21.2. The number of hydrogen-bond donors (Lipinski definition) is 1. The number of amides is 1. The first-order valence-corrected chi connectivity index (χ1v) is 9.98. The third kappa shape index (κ3) is 4.04. The lowest BCUT2D eigenvalue weighted by Gasteiger charge is -2.10. The van der Waals surface area contributed by atoms with Crippen LogP contribution in [0.2, 0.25) is 0 Å². The smallest absolute Gasteiger partial charge is 0.236 e. The van der Waals surface area contributed by atoms with Gasteiger partial charge in [-0.2, -0.15) is 5.26 Å². The number of nitrogens with one attached hydrogen (secondary N) is 1. The second-order valence-electron chi connectivity index (χ2n) is 5.93. The van der Waals surface area contributed by atoms with E-state index in [1.54, 1.807) is 7.11 Å². The lowest BCUT2D eigenvalue weighted by Crippen LogP contribution is -2.14. The fourth-order valence-electron chi connectivity index (χ4n) is 2.52. The van der Waals surface area contributed by atoms with Crippen molar-refractivity contribution < 1.29 is 9.53 Å². The number of benzene rings is 1. The van der Waals surface area contributed by atoms with Crippen LogP contribution >= 0.6 is 23.1 Å². The molecule has 0 unspecified atom stereocenters. The molecule has 0 radical (unpaired) electrons. The molecule has 138 valence electrons. The van der Waals surface area contributed by atoms with Gasteiger partial charge in [-0.3, -0.25) is 4.79 Å². The number of nitrogens with zero attached hydrogens (tertiary/aromatic N) is 3. The number of methoxy groups -OCH3 is 1. The van der Waals surface area contributed by atoms with Gasteiger partial charge in [-0.15, -0.1) is 0 Å². The van der Waals surface area contributed by atoms with Crippen molar-refractivity contribution in [1.29, 1.82) is 5.26 Å². The first-order valence-electron chi connectivity index (χ1n) is 8.18. The highest BCUT2D eigenvalue weighted by Gasteiger charge is 2.15. The second kappa shape index (κ2) is 7.94. The van der Waals surface area contributed by atoms with E-state index >= 15 is 0 Å². The Morgan fingerprint density at radius 2 is 2.07 bits per heavy atom. The van der Waals surface area contributed by atoms with E-state index in [9.17, 15) is 10.1 Å². The van der Waals surface area contributed by atoms with Crippen molar-refractivity contribution in [2.75, 3.05) is 18.2 Å². The average Bonchev–Trinajstić information content (AvgIpc) is 3.05. The topological polar surface area (TPSA) is 87.9 Å². The normalized spacial score (nSPS) is 10.6. The molecule has 3 rings (SSSR count). The fraction of sp³-hybridized carbons (Fsp3) is 0.263. The molecule has 0 spiro atoms. The van der Waals surface area contributed by atoms with Crippen LogP contribution in [0, 0.1) is 32.1 Å². The van der Waals surface area contributed by atoms with Crippen molar-refractivity contribution >= 4 is 44.4 Å². The first-order chi connectivity index (χ1) is 12.9. The minimum Gasteiger partial charge on any atom is -0.497 e. The summed E-state index contributed by atoms with van der Waals surface area (Å²) in [5.74, 6) is 0.718. The number of ether oxygens (including phenoxy) is 1. The predicted octanol–water partition coefficient (Wildman–Crippen LogP) is 4.23. The van der Waals surface area contributed by atoms with Crippen molar-refractivity contribution in [3.63, 3.8) is 0 Å². The summed E-state index contributed by atoms with van der Waals surface area (Å²) in [6.45, 7) is 5.76. The number of carbonyl (C=O) groups is 1. The van der Waals surface area contributed by atoms with Crippen LogP contribution in [-0.4, -0.2) is 28.7 Å². The van der Waals surface area contributed by atoms with Crippen LogP contribution in [0.1, 0.15) is 22.4 Å². The Labute approximate surface area is 165 Å². The summed E-state index contributed by atoms with van der Waals surface area (Å²) in [6, 6.07) is 7.78. The van der Waals surface area contributed by atoms with E-state index in [-0.39, 0.29) is 11.7 Å². The Kier molecular flexibility index (Phi) is 5.63. The molecule has 0 saturated carbocycles. The number of thioether (sulfide) groups is 1. The Bertz CT molecular complexity index is 1070. The quantitative estimate of drug-likeness (QED) is 0.647. The van der Waals surface area contributed by atoms with Gasteiger partial charge >= 0.3 is 0 Å². The van der Waals surface area contributed by atoms with Crippen LogP contribution in [0.15, 0.2) is 23.2 Å². The van der Waals surface area contributed by atoms with Crippen molar-refractivity contribution in [2.45, 2.75) is 25.8 Å². The summed E-state index contributed by atoms with van der Waals surface area (Å²) in [7, 11) is 1.61. The highest BCUT2D eigenvalue weighted by Crippen LogP contribution is 2.30. The molecule has 8 heteroatoms. The van der Waals surface area contributed by atoms with Crippen LogP contribution in [0.4, 0.5) is 5.13 Å². The van der Waals surface area contributed by atoms with Crippen molar-refractivity contribution in [1.82, 2.24) is 9.97 Å². The maximum atomic E-state index is 12.3. The van der Waals surface area contributed by atoms with E-state index in [0.29, 0.717) is 15.7 Å². The molecule has 1 N–H and O–H groups in total. The molecule has 0 bridgehead atoms. The van der Waals surface area contributed by atoms with Crippen molar-refractivity contribution in [3.05, 3.63) is 40.6 Å². The van der Waals surface area contributed by atoms with Crippen molar-refractivity contribution in [3.8, 4) is 11.8 Å². The highest BCUT2D eigenvalue weighted by molar-refractivity contribution is 8.00. The zero-order valence-electron chi connectivity index (χ0n) is 15.4. The van der Waals surface area contributed by atoms with E-state index in [4.69, 9.17) is 4.74 Å². The molecule has 0 fully saturated rings. The molecular weight excluding hydrogens is 380 g/mol. The number of carbonyl (C=O) groups excluding carboxylic acids is 1. The van der Waals surface area contributed by atoms with Gasteiger partial charge in [0.15, 0.2) is 5.13 Å². The number of anilines is 1. The lowest BCUT2D eigenvalue weighted by atomic mass is 10.1. The standard InChI is InChI=1S/C19H18N4O2S2/c1-10-11(2)14(8-20)18(21-12(10)3)26-9-17(24)23-19-22-15-6-5-13(25-4)7-16(15)27-19/h5-7H,9H2,1-4H3,(H,22,23,24). The highest BCUT2D eigenvalue weighted by atomic mass is 32.2. The predicted molar refractivity (Wildman–Crippen MR) is 109 cm³/mol. The first kappa shape index (κ1) is 19.1. The fourth-order valence-corrected chi connectivity index (χ4v) is 4.32. The number of thiazole rings is 1. The minimum absolute atomic E-state index is 0.156. The zero-order chi connectivity index (χ0) is 19.6. The molecule has 2 aromatic heterocycles. The Balaban J connectivity index is 1.71. The number of aryl methyl sites for hydroxylation is 1. The number of hydrogen-bond acceptors (Lipinski definition) is 7. The SMILES string of the molecule is COc1ccc2nc(NC(=O)CSc3nc(C)c(C)c(C)c3C#N)sc2c1. The van der Waals surface area contributed by atoms with E-state index < -0.39 is 0 Å². The maximum Gasteiger partial charge on any atom is 0.236 e. The van der Waals surface area contributed by atoms with E-state index in [0.717, 1.165) is 32.8 Å². The van der Waals surface area contributed by atoms with Gasteiger partial charge in [0.2, 0.25) is 5.91 Å². The maximum absolute atomic E-state index is 12.3. The van der Waals surface area contributed by atoms with Gasteiger partial charge in [0, 0.05) is 5.69 Å². The Hall–Kier alpha value is -2.63. The molecule has 1 amide bonds. The summed E-state index contributed by atoms with van der Waals surface area (Å²) in [5.41, 5.74) is 4.12. The van der Waals surface area contributed by atoms with Gasteiger partial charge in [-0.05, 0) is 50.1 Å². The van der Waals surface area contributed by atoms with Gasteiger partial charge in [0.05, 0.1) is 28.6 Å². The zero-order valence-corrected chi connectivity index (χ0v) is 17.0. The van der Waals surface area contributed by atoms with Crippen LogP contribution in [0.5, 0.6) is 5.75 Å². The van der Waals surface area contributed by atoms with E-state index in [1.165, 1.54) is 23.1 Å². The molecule has 0 atom stereocenters. The molecule has 0 aliphatic heterocycles. The number of fused-ring (bicyclic) bond motifs is 1. The van der Waals surface area contributed by atoms with Crippen molar-refractivity contribution in [2.24, 2.45) is 0 Å². The van der Waals surface area contributed by atoms with Gasteiger partial charge in [0.1, 0.15) is 16.8 Å². The number of nitriles is 1. The van der Waals surface area contributed by atoms with E-state index in [2.05, 4.69) is 21.4 Å². The molecule has 0 saturated heterocycles. The van der Waals surface area contributed by atoms with Gasteiger partial charge in [0.25, 0.3) is 0 Å². The third-order valence-electron chi connectivity index (χ3n) is 4.26. The summed E-state index contributed by atoms with van der Waals surface area (Å²) in [6.07, 6.45) is 0. The summed E-state index contributed by atoms with van der Waals surface area (Å²) in [5, 5.41) is 13.4. The van der Waals surface area contributed by atoms with Gasteiger partial charge in [-0.1, -0.05) is 23.1 Å². The molecule has 2 heterocycles. The lowest BCUT2D eigenvalue weighted by molar-refractivity contribution is -0.113. The molecule has 27 heavy (non-hydrogen) atoms. The molecule has 1 aromatic carbocycles. The van der Waals surface area contributed by atoms with Crippen LogP contribution < -0.4 is 10.1 Å². The van der Waals surface area contributed by atoms with E-state index in [1.807, 2.05) is 39.0 Å². The second-order valence-corrected chi connectivity index (χ2v) is 7.92. The van der Waals surface area contributed by atoms with Gasteiger partial charge < -0.3 is 10.1 Å². The van der Waals surface area contributed by atoms with Crippen LogP contribution in [0.3, 0.4) is 0 Å². The molecular formula is C19H18N4O2S2. The summed E-state index contributed by atoms with van der Waals surface area (Å²) < 4.78 is 6.14. The molecule has 3 aromatic rings. The Morgan fingerprint density at radius 3 is 2.78 bits per heavy atom. The summed E-state index contributed by atoms with van der Waals surface area (Å²) >= 11 is 2.65. The van der Waals surface area contributed by atoms with Crippen LogP contribution in [0.25, 0.3) is 10.2 Å². The number of pyridine rings is 1. The Morgan fingerprint density at radius 1 is 1.30 bits per heavy atom. The largest absolute Gasteiger partial charge is 0.497 e. The number of rotatable bonds is 5. The molecule has 0 aliphatic rings. The van der Waals surface area contributed by atoms with Gasteiger partial charge in [-0.25, -0.2) is 9.97 Å². The molecule has 0 aliphatic carbocycles. The van der Waals surface area contributed by atoms with Crippen LogP contribution in [-0.2, 0) is 4.79 Å². The third-order valence-corrected chi connectivity index (χ3v) is 6.17. The minimum atomic E-state index is -0.187. The number of aromatic nitrogens is 2. The average molecular weight is 399 g/mol. The molecule has 6 nitrogen and oxygen atoms in total. The monoisotopic (exact) mass is 398 g/mol.